The van der Waals surface area contributed by atoms with Crippen LogP contribution in [0.2, 0.25) is 0 Å². The maximum Gasteiger partial charge on any atom is 0.267 e. The Labute approximate surface area is 197 Å². The van der Waals surface area contributed by atoms with Gasteiger partial charge < -0.3 is 14.9 Å². The smallest absolute Gasteiger partial charge is 0.267 e. The van der Waals surface area contributed by atoms with Gasteiger partial charge in [0.2, 0.25) is 5.60 Å². The molecule has 0 saturated carbocycles. The van der Waals surface area contributed by atoms with Crippen molar-refractivity contribution >= 4 is 32.6 Å². The SMILES string of the molecule is CN1CC[C@@](O)(C#Cc2cccc(-c3ccc4ncnc(N5CC(S(C)(=O)=O)C5)c4n3)c2)C1=O. The lowest BCUT2D eigenvalue weighted by Gasteiger charge is -2.38. The molecule has 174 valence electrons. The van der Waals surface area contributed by atoms with Crippen LogP contribution in [-0.4, -0.2) is 83.1 Å². The van der Waals surface area contributed by atoms with Gasteiger partial charge in [0.25, 0.3) is 5.91 Å². The Morgan fingerprint density at radius 3 is 2.68 bits per heavy atom. The molecule has 0 unspecified atom stereocenters. The predicted octanol–water partition coefficient (Wildman–Crippen LogP) is 0.870. The van der Waals surface area contributed by atoms with Crippen molar-refractivity contribution in [2.75, 3.05) is 37.8 Å². The Kier molecular flexibility index (Phi) is 5.26. The van der Waals surface area contributed by atoms with Crippen LogP contribution in [0.15, 0.2) is 42.7 Å². The number of carbonyl (C=O) groups is 1. The van der Waals surface area contributed by atoms with Gasteiger partial charge >= 0.3 is 0 Å². The minimum atomic E-state index is -3.10. The van der Waals surface area contributed by atoms with Gasteiger partial charge in [0.05, 0.1) is 16.5 Å². The van der Waals surface area contributed by atoms with Gasteiger partial charge in [-0.1, -0.05) is 24.0 Å². The number of carbonyl (C=O) groups excluding carboxylic acids is 1. The van der Waals surface area contributed by atoms with Crippen LogP contribution in [0, 0.1) is 11.8 Å². The van der Waals surface area contributed by atoms with E-state index in [-0.39, 0.29) is 12.3 Å². The van der Waals surface area contributed by atoms with Gasteiger partial charge in [0, 0.05) is 50.5 Å². The lowest BCUT2D eigenvalue weighted by Crippen LogP contribution is -2.55. The Morgan fingerprint density at radius 2 is 1.97 bits per heavy atom. The fourth-order valence-corrected chi connectivity index (χ4v) is 5.00. The highest BCUT2D eigenvalue weighted by molar-refractivity contribution is 7.91. The summed E-state index contributed by atoms with van der Waals surface area (Å²) in [4.78, 5) is 29.0. The van der Waals surface area contributed by atoms with Crippen molar-refractivity contribution in [2.24, 2.45) is 0 Å². The molecule has 9 nitrogen and oxygen atoms in total. The van der Waals surface area contributed by atoms with E-state index in [1.165, 1.54) is 17.5 Å². The molecule has 4 heterocycles. The highest BCUT2D eigenvalue weighted by atomic mass is 32.2. The molecule has 10 heteroatoms. The normalized spacial score (nSPS) is 20.9. The Morgan fingerprint density at radius 1 is 1.18 bits per heavy atom. The minimum Gasteiger partial charge on any atom is -0.369 e. The number of amides is 1. The maximum absolute atomic E-state index is 12.2. The average Bonchev–Trinajstić information content (AvgIpc) is 3.04. The first-order chi connectivity index (χ1) is 16.1. The molecule has 5 rings (SSSR count). The number of fused-ring (bicyclic) bond motifs is 1. The van der Waals surface area contributed by atoms with Crippen molar-refractivity contribution in [3.8, 4) is 23.1 Å². The molecule has 1 aromatic carbocycles. The van der Waals surface area contributed by atoms with Crippen LogP contribution in [0.5, 0.6) is 0 Å². The van der Waals surface area contributed by atoms with Crippen LogP contribution >= 0.6 is 0 Å². The summed E-state index contributed by atoms with van der Waals surface area (Å²) in [6.07, 6.45) is 2.98. The van der Waals surface area contributed by atoms with Crippen LogP contribution in [0.4, 0.5) is 5.82 Å². The largest absolute Gasteiger partial charge is 0.369 e. The Hall–Kier alpha value is -3.55. The van der Waals surface area contributed by atoms with Crippen molar-refractivity contribution in [1.29, 1.82) is 0 Å². The van der Waals surface area contributed by atoms with Crippen LogP contribution in [0.1, 0.15) is 12.0 Å². The lowest BCUT2D eigenvalue weighted by molar-refractivity contribution is -0.137. The van der Waals surface area contributed by atoms with Crippen LogP contribution in [0.25, 0.3) is 22.3 Å². The third-order valence-electron chi connectivity index (χ3n) is 6.30. The third-order valence-corrected chi connectivity index (χ3v) is 7.81. The van der Waals surface area contributed by atoms with Gasteiger partial charge in [-0.25, -0.2) is 23.4 Å². The molecule has 2 saturated heterocycles. The summed E-state index contributed by atoms with van der Waals surface area (Å²) in [7, 11) is -1.45. The number of hydrogen-bond donors (Lipinski definition) is 1. The summed E-state index contributed by atoms with van der Waals surface area (Å²) in [6.45, 7) is 1.22. The monoisotopic (exact) mass is 477 g/mol. The van der Waals surface area contributed by atoms with Crippen LogP contribution < -0.4 is 4.90 Å². The number of likely N-dealkylation sites (N-methyl/N-ethyl adjacent to an activating group) is 1. The average molecular weight is 478 g/mol. The van der Waals surface area contributed by atoms with E-state index >= 15 is 0 Å². The Balaban J connectivity index is 1.46. The summed E-state index contributed by atoms with van der Waals surface area (Å²) < 4.78 is 23.6. The van der Waals surface area contributed by atoms with Gasteiger partial charge in [-0.3, -0.25) is 4.79 Å². The van der Waals surface area contributed by atoms with Gasteiger partial charge in [0.15, 0.2) is 15.7 Å². The maximum atomic E-state index is 12.2. The zero-order valence-corrected chi connectivity index (χ0v) is 19.6. The number of likely N-dealkylation sites (tertiary alicyclic amines) is 1. The molecule has 0 spiro atoms. The molecule has 2 aromatic heterocycles. The highest BCUT2D eigenvalue weighted by Gasteiger charge is 2.42. The number of aliphatic hydroxyl groups is 1. The summed E-state index contributed by atoms with van der Waals surface area (Å²) in [6, 6.07) is 11.1. The first-order valence-electron chi connectivity index (χ1n) is 10.8. The zero-order chi connectivity index (χ0) is 24.1. The predicted molar refractivity (Wildman–Crippen MR) is 128 cm³/mol. The third kappa shape index (κ3) is 3.97. The fraction of sp³-hybridized carbons (Fsp3) is 0.333. The van der Waals surface area contributed by atoms with Gasteiger partial charge in [-0.15, -0.1) is 0 Å². The number of aromatic nitrogens is 3. The second-order valence-electron chi connectivity index (χ2n) is 8.79. The van der Waals surface area contributed by atoms with E-state index in [1.807, 2.05) is 41.3 Å². The first kappa shape index (κ1) is 22.3. The van der Waals surface area contributed by atoms with Crippen molar-refractivity contribution in [1.82, 2.24) is 19.9 Å². The molecule has 2 fully saturated rings. The number of rotatable bonds is 3. The highest BCUT2D eigenvalue weighted by Crippen LogP contribution is 2.30. The van der Waals surface area contributed by atoms with Gasteiger partial charge in [0.1, 0.15) is 11.8 Å². The number of anilines is 1. The van der Waals surface area contributed by atoms with E-state index in [0.29, 0.717) is 47.7 Å². The number of nitrogens with zero attached hydrogens (tertiary/aromatic N) is 5. The second-order valence-corrected chi connectivity index (χ2v) is 11.1. The number of sulfone groups is 1. The quantitative estimate of drug-likeness (QED) is 0.553. The molecule has 0 bridgehead atoms. The molecule has 2 aliphatic rings. The standard InChI is InChI=1S/C24H23N5O4S/c1-28-11-10-24(31,23(28)30)9-8-16-4-3-5-17(12-16)19-6-7-20-21(27-19)22(26-15-25-20)29-13-18(14-29)34(2,32)33/h3-7,12,15,18,31H,10-11,13-14H2,1-2H3/t24-/m0/s1. The molecular weight excluding hydrogens is 454 g/mol. The minimum absolute atomic E-state index is 0.278. The van der Waals surface area contributed by atoms with Crippen molar-refractivity contribution in [3.63, 3.8) is 0 Å². The van der Waals surface area contributed by atoms with Crippen molar-refractivity contribution in [2.45, 2.75) is 17.3 Å². The molecule has 1 amide bonds. The number of benzene rings is 1. The fourth-order valence-electron chi connectivity index (χ4n) is 4.10. The number of hydrogen-bond acceptors (Lipinski definition) is 8. The molecule has 0 radical (unpaired) electrons. The number of pyridine rings is 1. The van der Waals surface area contributed by atoms with Crippen LogP contribution in [-0.2, 0) is 14.6 Å². The molecule has 1 atom stereocenters. The molecule has 1 N–H and O–H groups in total. The first-order valence-corrected chi connectivity index (χ1v) is 12.8. The lowest BCUT2D eigenvalue weighted by atomic mass is 10.0. The van der Waals surface area contributed by atoms with E-state index in [0.717, 1.165) is 5.56 Å². The summed E-state index contributed by atoms with van der Waals surface area (Å²) >= 11 is 0. The van der Waals surface area contributed by atoms with E-state index < -0.39 is 20.7 Å². The Bertz CT molecular complexity index is 1470. The van der Waals surface area contributed by atoms with Crippen molar-refractivity contribution < 1.29 is 18.3 Å². The van der Waals surface area contributed by atoms with Gasteiger partial charge in [-0.05, 0) is 24.3 Å². The topological polar surface area (TPSA) is 117 Å². The van der Waals surface area contributed by atoms with E-state index in [9.17, 15) is 18.3 Å². The molecule has 34 heavy (non-hydrogen) atoms. The van der Waals surface area contributed by atoms with E-state index in [4.69, 9.17) is 4.98 Å². The van der Waals surface area contributed by atoms with Crippen LogP contribution in [0.3, 0.4) is 0 Å². The van der Waals surface area contributed by atoms with Gasteiger partial charge in [-0.2, -0.15) is 0 Å². The summed E-state index contributed by atoms with van der Waals surface area (Å²) in [5, 5.41) is 10.1. The molecule has 0 aliphatic carbocycles. The van der Waals surface area contributed by atoms with E-state index in [1.54, 1.807) is 7.05 Å². The molecule has 3 aromatic rings. The molecular formula is C24H23N5O4S. The zero-order valence-electron chi connectivity index (χ0n) is 18.8. The molecule has 2 aliphatic heterocycles. The summed E-state index contributed by atoms with van der Waals surface area (Å²) in [5.41, 5.74) is 1.75. The second kappa shape index (κ2) is 8.04. The van der Waals surface area contributed by atoms with E-state index in [2.05, 4.69) is 21.8 Å². The van der Waals surface area contributed by atoms with Crippen molar-refractivity contribution in [3.05, 3.63) is 48.3 Å². The summed E-state index contributed by atoms with van der Waals surface area (Å²) in [5.74, 6) is 5.88.